The van der Waals surface area contributed by atoms with Gasteiger partial charge in [0.15, 0.2) is 0 Å². The van der Waals surface area contributed by atoms with Gasteiger partial charge in [-0.2, -0.15) is 4.84 Å². The Kier molecular flexibility index (Phi) is 4.23. The first-order valence-electron chi connectivity index (χ1n) is 5.76. The molecule has 0 N–H and O–H groups in total. The number of halogens is 4. The highest BCUT2D eigenvalue weighted by Gasteiger charge is 2.35. The van der Waals surface area contributed by atoms with Crippen molar-refractivity contribution in [1.29, 1.82) is 0 Å². The van der Waals surface area contributed by atoms with Gasteiger partial charge in [-0.25, -0.2) is 9.45 Å². The third-order valence-electron chi connectivity index (χ3n) is 2.51. The first-order valence-corrected chi connectivity index (χ1v) is 5.76. The number of aldehydes is 1. The molecule has 0 radical (unpaired) electrons. The number of para-hydroxylation sites is 1. The summed E-state index contributed by atoms with van der Waals surface area (Å²) in [6.45, 7) is 0. The Hall–Kier alpha value is -2.41. The summed E-state index contributed by atoms with van der Waals surface area (Å²) in [6, 6.07) is 10.2. The van der Waals surface area contributed by atoms with Crippen LogP contribution in [0.2, 0.25) is 0 Å². The zero-order valence-electron chi connectivity index (χ0n) is 10.5. The lowest BCUT2D eigenvalue weighted by Crippen LogP contribution is -2.28. The van der Waals surface area contributed by atoms with Crippen molar-refractivity contribution in [2.45, 2.75) is 6.36 Å². The molecule has 0 spiro atoms. The summed E-state index contributed by atoms with van der Waals surface area (Å²) in [5.74, 6) is -0.950. The van der Waals surface area contributed by atoms with Gasteiger partial charge in [-0.15, -0.1) is 13.2 Å². The van der Waals surface area contributed by atoms with Crippen molar-refractivity contribution in [2.24, 2.45) is 0 Å². The fraction of sp³-hybridized carbons (Fsp3) is 0.0714. The summed E-state index contributed by atoms with van der Waals surface area (Å²) >= 11 is 0. The van der Waals surface area contributed by atoms with Crippen molar-refractivity contribution in [3.8, 4) is 0 Å². The van der Waals surface area contributed by atoms with Gasteiger partial charge in [0.25, 0.3) is 0 Å². The Morgan fingerprint density at radius 3 is 2.29 bits per heavy atom. The largest absolute Gasteiger partial charge is 0.544 e. The molecule has 0 aliphatic heterocycles. The van der Waals surface area contributed by atoms with Crippen LogP contribution in [0.5, 0.6) is 0 Å². The van der Waals surface area contributed by atoms with Crippen LogP contribution in [-0.4, -0.2) is 12.6 Å². The molecule has 0 heterocycles. The topological polar surface area (TPSA) is 29.5 Å². The Labute approximate surface area is 117 Å². The molecule has 0 saturated carbocycles. The standard InChI is InChI=1S/C14H9F4NO2/c15-12-7-6-10(9-20)8-13(12)19(21-14(16,17)18)11-4-2-1-3-5-11/h1-9H. The molecule has 2 aromatic carbocycles. The van der Waals surface area contributed by atoms with Crippen molar-refractivity contribution >= 4 is 17.7 Å². The second-order valence-electron chi connectivity index (χ2n) is 4.00. The first kappa shape index (κ1) is 15.0. The number of alkyl halides is 3. The van der Waals surface area contributed by atoms with E-state index in [1.165, 1.54) is 24.3 Å². The molecule has 0 aliphatic rings. The lowest BCUT2D eigenvalue weighted by molar-refractivity contribution is -0.325. The molecule has 2 rings (SSSR count). The van der Waals surface area contributed by atoms with E-state index in [0.29, 0.717) is 11.3 Å². The number of carbonyl (C=O) groups is 1. The Morgan fingerprint density at radius 1 is 1.05 bits per heavy atom. The van der Waals surface area contributed by atoms with Crippen LogP contribution >= 0.6 is 0 Å². The Balaban J connectivity index is 2.52. The molecule has 0 amide bonds. The maximum Gasteiger partial charge on any atom is 0.544 e. The summed E-state index contributed by atoms with van der Waals surface area (Å²) in [6.07, 6.45) is -4.61. The van der Waals surface area contributed by atoms with E-state index < -0.39 is 17.9 Å². The number of hydrogen-bond acceptors (Lipinski definition) is 3. The van der Waals surface area contributed by atoms with Crippen molar-refractivity contribution in [2.75, 3.05) is 5.06 Å². The zero-order valence-corrected chi connectivity index (χ0v) is 10.5. The van der Waals surface area contributed by atoms with E-state index in [2.05, 4.69) is 4.84 Å². The van der Waals surface area contributed by atoms with Crippen molar-refractivity contribution in [3.63, 3.8) is 0 Å². The molecule has 0 atom stereocenters. The zero-order chi connectivity index (χ0) is 15.5. The quantitative estimate of drug-likeness (QED) is 0.481. The molecule has 0 unspecified atom stereocenters. The highest BCUT2D eigenvalue weighted by Crippen LogP contribution is 2.33. The maximum atomic E-state index is 13.8. The van der Waals surface area contributed by atoms with Gasteiger partial charge in [-0.1, -0.05) is 18.2 Å². The van der Waals surface area contributed by atoms with Crippen LogP contribution < -0.4 is 5.06 Å². The van der Waals surface area contributed by atoms with Gasteiger partial charge in [-0.3, -0.25) is 4.79 Å². The molecule has 0 fully saturated rings. The molecule has 7 heteroatoms. The van der Waals surface area contributed by atoms with E-state index in [0.717, 1.165) is 18.2 Å². The van der Waals surface area contributed by atoms with Gasteiger partial charge in [0, 0.05) is 5.56 Å². The number of rotatable bonds is 4. The van der Waals surface area contributed by atoms with Gasteiger partial charge in [0.05, 0.1) is 5.69 Å². The van der Waals surface area contributed by atoms with Crippen molar-refractivity contribution in [1.82, 2.24) is 0 Å². The number of benzene rings is 2. The molecule has 0 aliphatic carbocycles. The smallest absolute Gasteiger partial charge is 0.298 e. The minimum atomic E-state index is -5.01. The average molecular weight is 299 g/mol. The molecule has 3 nitrogen and oxygen atoms in total. The second-order valence-corrected chi connectivity index (χ2v) is 4.00. The minimum Gasteiger partial charge on any atom is -0.298 e. The Morgan fingerprint density at radius 2 is 1.71 bits per heavy atom. The van der Waals surface area contributed by atoms with E-state index in [1.807, 2.05) is 0 Å². The van der Waals surface area contributed by atoms with E-state index in [9.17, 15) is 22.4 Å². The molecule has 0 saturated heterocycles. The molecule has 21 heavy (non-hydrogen) atoms. The minimum absolute atomic E-state index is 0.0260. The van der Waals surface area contributed by atoms with Crippen LogP contribution in [-0.2, 0) is 4.84 Å². The molecular formula is C14H9F4NO2. The van der Waals surface area contributed by atoms with Crippen LogP contribution in [0.4, 0.5) is 28.9 Å². The van der Waals surface area contributed by atoms with Gasteiger partial charge < -0.3 is 0 Å². The number of carbonyl (C=O) groups excluding carboxylic acids is 1. The third kappa shape index (κ3) is 3.79. The fourth-order valence-corrected chi connectivity index (χ4v) is 1.67. The predicted octanol–water partition coefficient (Wildman–Crippen LogP) is 4.23. The molecule has 0 aromatic heterocycles. The highest BCUT2D eigenvalue weighted by molar-refractivity contribution is 5.78. The van der Waals surface area contributed by atoms with Gasteiger partial charge in [0.1, 0.15) is 17.8 Å². The predicted molar refractivity (Wildman–Crippen MR) is 67.5 cm³/mol. The lowest BCUT2D eigenvalue weighted by atomic mass is 10.2. The summed E-state index contributed by atoms with van der Waals surface area (Å²) < 4.78 is 51.4. The van der Waals surface area contributed by atoms with Crippen molar-refractivity contribution < 1.29 is 27.2 Å². The van der Waals surface area contributed by atoms with Crippen LogP contribution in [0.3, 0.4) is 0 Å². The molecule has 2 aromatic rings. The van der Waals surface area contributed by atoms with E-state index >= 15 is 0 Å². The summed E-state index contributed by atoms with van der Waals surface area (Å²) in [5, 5.41) is 0.294. The van der Waals surface area contributed by atoms with Crippen LogP contribution in [0.1, 0.15) is 10.4 Å². The van der Waals surface area contributed by atoms with Crippen LogP contribution in [0.15, 0.2) is 48.5 Å². The molecular weight excluding hydrogens is 290 g/mol. The summed E-state index contributed by atoms with van der Waals surface area (Å²) in [5.41, 5.74) is -0.516. The van der Waals surface area contributed by atoms with Gasteiger partial charge in [-0.05, 0) is 30.3 Å². The Bertz CT molecular complexity index is 629. The summed E-state index contributed by atoms with van der Waals surface area (Å²) in [7, 11) is 0. The van der Waals surface area contributed by atoms with Gasteiger partial charge in [0.2, 0.25) is 0 Å². The normalized spacial score (nSPS) is 11.2. The first-order chi connectivity index (χ1) is 9.90. The van der Waals surface area contributed by atoms with E-state index in [1.54, 1.807) is 6.07 Å². The van der Waals surface area contributed by atoms with Crippen LogP contribution in [0.25, 0.3) is 0 Å². The van der Waals surface area contributed by atoms with Crippen LogP contribution in [0, 0.1) is 5.82 Å². The lowest BCUT2D eigenvalue weighted by Gasteiger charge is -2.25. The number of hydrogen-bond donors (Lipinski definition) is 0. The highest BCUT2D eigenvalue weighted by atomic mass is 19.4. The SMILES string of the molecule is O=Cc1ccc(F)c(N(OC(F)(F)F)c2ccccc2)c1. The van der Waals surface area contributed by atoms with Gasteiger partial charge >= 0.3 is 6.36 Å². The second kappa shape index (κ2) is 5.92. The molecule has 0 bridgehead atoms. The monoisotopic (exact) mass is 299 g/mol. The van der Waals surface area contributed by atoms with E-state index in [-0.39, 0.29) is 11.3 Å². The number of nitrogens with zero attached hydrogens (tertiary/aromatic N) is 1. The fourth-order valence-electron chi connectivity index (χ4n) is 1.67. The van der Waals surface area contributed by atoms with E-state index in [4.69, 9.17) is 0 Å². The van der Waals surface area contributed by atoms with Crippen molar-refractivity contribution in [3.05, 3.63) is 59.9 Å². The third-order valence-corrected chi connectivity index (χ3v) is 2.51. The maximum absolute atomic E-state index is 13.8. The summed E-state index contributed by atoms with van der Waals surface area (Å²) in [4.78, 5) is 14.6. The number of anilines is 2. The molecule has 110 valence electrons. The average Bonchev–Trinajstić information content (AvgIpc) is 2.45.